The molecule has 1 aliphatic heterocycles. The summed E-state index contributed by atoms with van der Waals surface area (Å²) < 4.78 is 5.54. The van der Waals surface area contributed by atoms with Crippen LogP contribution in [0.3, 0.4) is 0 Å². The third-order valence-corrected chi connectivity index (χ3v) is 5.75. The van der Waals surface area contributed by atoms with Crippen LogP contribution in [0.15, 0.2) is 121 Å². The Labute approximate surface area is 205 Å². The Hall–Kier alpha value is -4.57. The Morgan fingerprint density at radius 2 is 1.40 bits per heavy atom. The van der Waals surface area contributed by atoms with Crippen LogP contribution in [-0.2, 0) is 4.79 Å². The molecule has 0 aromatic heterocycles. The summed E-state index contributed by atoms with van der Waals surface area (Å²) in [7, 11) is 0. The third-order valence-electron chi connectivity index (χ3n) is 5.75. The average Bonchev–Trinajstić information content (AvgIpc) is 3.23. The van der Waals surface area contributed by atoms with Gasteiger partial charge in [0.1, 0.15) is 5.75 Å². The zero-order valence-corrected chi connectivity index (χ0v) is 19.5. The molecule has 1 amide bonds. The molecule has 4 aromatic carbocycles. The monoisotopic (exact) mass is 458 g/mol. The molecule has 35 heavy (non-hydrogen) atoms. The molecule has 4 nitrogen and oxygen atoms in total. The van der Waals surface area contributed by atoms with Crippen LogP contribution in [0, 0.1) is 0 Å². The van der Waals surface area contributed by atoms with E-state index in [1.165, 1.54) is 0 Å². The SMILES string of the molecule is CCOc1ccc(/C=C2\C=C(c3ccccc3)N(c3ccc(Nc4ccccc4)cc3)C2=O)cc1. The lowest BCUT2D eigenvalue weighted by Crippen LogP contribution is -2.24. The van der Waals surface area contributed by atoms with Gasteiger partial charge in [0, 0.05) is 22.6 Å². The first-order chi connectivity index (χ1) is 17.2. The molecule has 0 saturated carbocycles. The molecule has 0 fully saturated rings. The number of ether oxygens (including phenoxy) is 1. The molecule has 1 heterocycles. The van der Waals surface area contributed by atoms with Gasteiger partial charge in [0.05, 0.1) is 12.3 Å². The second-order valence-electron chi connectivity index (χ2n) is 8.18. The van der Waals surface area contributed by atoms with Crippen molar-refractivity contribution >= 4 is 34.7 Å². The van der Waals surface area contributed by atoms with Crippen molar-refractivity contribution in [2.24, 2.45) is 0 Å². The third kappa shape index (κ3) is 5.02. The Balaban J connectivity index is 1.46. The van der Waals surface area contributed by atoms with Crippen molar-refractivity contribution in [1.82, 2.24) is 0 Å². The fourth-order valence-electron chi connectivity index (χ4n) is 4.08. The van der Waals surface area contributed by atoms with Crippen molar-refractivity contribution < 1.29 is 9.53 Å². The van der Waals surface area contributed by atoms with Crippen LogP contribution in [-0.4, -0.2) is 12.5 Å². The minimum atomic E-state index is -0.0542. The molecular weight excluding hydrogens is 432 g/mol. The molecule has 0 radical (unpaired) electrons. The molecule has 0 aliphatic carbocycles. The molecule has 0 saturated heterocycles. The maximum absolute atomic E-state index is 13.6. The van der Waals surface area contributed by atoms with Crippen molar-refractivity contribution in [3.05, 3.63) is 132 Å². The van der Waals surface area contributed by atoms with E-state index >= 15 is 0 Å². The van der Waals surface area contributed by atoms with E-state index in [0.717, 1.165) is 39.6 Å². The van der Waals surface area contributed by atoms with Gasteiger partial charge < -0.3 is 10.1 Å². The van der Waals surface area contributed by atoms with Crippen molar-refractivity contribution in [3.8, 4) is 5.75 Å². The zero-order valence-electron chi connectivity index (χ0n) is 19.5. The van der Waals surface area contributed by atoms with Gasteiger partial charge in [-0.2, -0.15) is 0 Å². The number of hydrogen-bond acceptors (Lipinski definition) is 3. The Kier molecular flexibility index (Phi) is 6.44. The summed E-state index contributed by atoms with van der Waals surface area (Å²) in [6.45, 7) is 2.58. The summed E-state index contributed by atoms with van der Waals surface area (Å²) in [4.78, 5) is 15.4. The van der Waals surface area contributed by atoms with E-state index in [1.54, 1.807) is 4.90 Å². The normalized spacial score (nSPS) is 14.2. The lowest BCUT2D eigenvalue weighted by Gasteiger charge is -2.21. The summed E-state index contributed by atoms with van der Waals surface area (Å²) in [6, 6.07) is 35.7. The van der Waals surface area contributed by atoms with Crippen LogP contribution < -0.4 is 15.0 Å². The van der Waals surface area contributed by atoms with Gasteiger partial charge >= 0.3 is 0 Å². The molecule has 0 atom stereocenters. The number of nitrogens with one attached hydrogen (secondary N) is 1. The molecule has 1 aliphatic rings. The number of hydrogen-bond donors (Lipinski definition) is 1. The number of anilines is 3. The predicted molar refractivity (Wildman–Crippen MR) is 144 cm³/mol. The number of carbonyl (C=O) groups is 1. The highest BCUT2D eigenvalue weighted by Gasteiger charge is 2.30. The fraction of sp³-hybridized carbons (Fsp3) is 0.0645. The highest BCUT2D eigenvalue weighted by molar-refractivity contribution is 6.23. The van der Waals surface area contributed by atoms with Crippen LogP contribution in [0.1, 0.15) is 18.1 Å². The lowest BCUT2D eigenvalue weighted by atomic mass is 10.1. The van der Waals surface area contributed by atoms with Crippen LogP contribution in [0.4, 0.5) is 17.1 Å². The van der Waals surface area contributed by atoms with Crippen molar-refractivity contribution in [1.29, 1.82) is 0 Å². The molecule has 172 valence electrons. The van der Waals surface area contributed by atoms with Crippen LogP contribution in [0.25, 0.3) is 11.8 Å². The maximum atomic E-state index is 13.6. The number of nitrogens with zero attached hydrogens (tertiary/aromatic N) is 1. The van der Waals surface area contributed by atoms with Gasteiger partial charge in [0.25, 0.3) is 5.91 Å². The Bertz CT molecular complexity index is 1360. The quantitative estimate of drug-likeness (QED) is 0.295. The molecule has 0 spiro atoms. The number of carbonyl (C=O) groups excluding carboxylic acids is 1. The minimum Gasteiger partial charge on any atom is -0.494 e. The van der Waals surface area contributed by atoms with Crippen LogP contribution >= 0.6 is 0 Å². The molecular formula is C31H26N2O2. The second kappa shape index (κ2) is 10.1. The molecule has 5 rings (SSSR count). The highest BCUT2D eigenvalue weighted by Crippen LogP contribution is 2.36. The van der Waals surface area contributed by atoms with Crippen molar-refractivity contribution in [2.45, 2.75) is 6.92 Å². The minimum absolute atomic E-state index is 0.0542. The van der Waals surface area contributed by atoms with Gasteiger partial charge in [0.15, 0.2) is 0 Å². The number of benzene rings is 4. The summed E-state index contributed by atoms with van der Waals surface area (Å²) in [5.41, 5.74) is 6.23. The summed E-state index contributed by atoms with van der Waals surface area (Å²) in [5, 5.41) is 3.39. The number of rotatable bonds is 7. The number of amides is 1. The van der Waals surface area contributed by atoms with E-state index in [2.05, 4.69) is 5.32 Å². The first-order valence-corrected chi connectivity index (χ1v) is 11.7. The van der Waals surface area contributed by atoms with Gasteiger partial charge in [-0.1, -0.05) is 60.7 Å². The van der Waals surface area contributed by atoms with Gasteiger partial charge in [-0.3, -0.25) is 9.69 Å². The van der Waals surface area contributed by atoms with E-state index in [1.807, 2.05) is 128 Å². The molecule has 4 aromatic rings. The Morgan fingerprint density at radius 1 is 0.771 bits per heavy atom. The van der Waals surface area contributed by atoms with Crippen LogP contribution in [0.2, 0.25) is 0 Å². The summed E-state index contributed by atoms with van der Waals surface area (Å²) in [6.07, 6.45) is 3.89. The van der Waals surface area contributed by atoms with E-state index < -0.39 is 0 Å². The van der Waals surface area contributed by atoms with E-state index in [0.29, 0.717) is 12.2 Å². The molecule has 4 heteroatoms. The van der Waals surface area contributed by atoms with Crippen LogP contribution in [0.5, 0.6) is 5.75 Å². The van der Waals surface area contributed by atoms with E-state index in [4.69, 9.17) is 4.74 Å². The topological polar surface area (TPSA) is 41.6 Å². The first kappa shape index (κ1) is 22.2. The lowest BCUT2D eigenvalue weighted by molar-refractivity contribution is -0.113. The number of para-hydroxylation sites is 1. The fourth-order valence-corrected chi connectivity index (χ4v) is 4.08. The first-order valence-electron chi connectivity index (χ1n) is 11.7. The average molecular weight is 459 g/mol. The van der Waals surface area contributed by atoms with Gasteiger partial charge in [0.2, 0.25) is 0 Å². The smallest absolute Gasteiger partial charge is 0.262 e. The predicted octanol–water partition coefficient (Wildman–Crippen LogP) is 7.30. The Morgan fingerprint density at radius 3 is 2.06 bits per heavy atom. The maximum Gasteiger partial charge on any atom is 0.262 e. The molecule has 0 unspecified atom stereocenters. The van der Waals surface area contributed by atoms with Gasteiger partial charge in [-0.05, 0) is 78.7 Å². The largest absolute Gasteiger partial charge is 0.494 e. The highest BCUT2D eigenvalue weighted by atomic mass is 16.5. The molecule has 1 N–H and O–H groups in total. The van der Waals surface area contributed by atoms with Gasteiger partial charge in [-0.15, -0.1) is 0 Å². The van der Waals surface area contributed by atoms with Crippen molar-refractivity contribution in [2.75, 3.05) is 16.8 Å². The zero-order chi connectivity index (χ0) is 24.0. The molecule has 0 bridgehead atoms. The van der Waals surface area contributed by atoms with E-state index in [9.17, 15) is 4.79 Å². The summed E-state index contributed by atoms with van der Waals surface area (Å²) >= 11 is 0. The second-order valence-corrected chi connectivity index (χ2v) is 8.18. The standard InChI is InChI=1S/C31H26N2O2/c1-2-35-29-19-13-23(14-20-29)21-25-22-30(24-9-5-3-6-10-24)33(31(25)34)28-17-15-27(16-18-28)32-26-11-7-4-8-12-26/h3-22,32H,2H2,1H3/b25-21+. The van der Waals surface area contributed by atoms with Gasteiger partial charge in [-0.25, -0.2) is 0 Å². The van der Waals surface area contributed by atoms with Crippen molar-refractivity contribution in [3.63, 3.8) is 0 Å². The van der Waals surface area contributed by atoms with E-state index in [-0.39, 0.29) is 5.91 Å². The summed E-state index contributed by atoms with van der Waals surface area (Å²) in [5.74, 6) is 0.764.